The Kier molecular flexibility index (Phi) is 6.27. The molecule has 1 saturated heterocycles. The summed E-state index contributed by atoms with van der Waals surface area (Å²) in [4.78, 5) is 37.5. The van der Waals surface area contributed by atoms with E-state index in [1.165, 1.54) is 25.3 Å². The molecule has 2 aliphatic rings. The number of benzene rings is 1. The molecule has 1 aliphatic heterocycles. The maximum absolute atomic E-state index is 12.9. The lowest BCUT2D eigenvalue weighted by Gasteiger charge is -2.27. The van der Waals surface area contributed by atoms with Crippen LogP contribution < -0.4 is 10.6 Å². The molecule has 7 nitrogen and oxygen atoms in total. The highest BCUT2D eigenvalue weighted by atomic mass is 35.5. The van der Waals surface area contributed by atoms with Gasteiger partial charge in [-0.2, -0.15) is 0 Å². The molecule has 1 heterocycles. The summed E-state index contributed by atoms with van der Waals surface area (Å²) in [5.41, 5.74) is -1.27. The van der Waals surface area contributed by atoms with Gasteiger partial charge >= 0.3 is 5.97 Å². The first-order valence-corrected chi connectivity index (χ1v) is 9.58. The second-order valence-electron chi connectivity index (χ2n) is 6.72. The Morgan fingerprint density at radius 2 is 1.86 bits per heavy atom. The van der Waals surface area contributed by atoms with E-state index in [9.17, 15) is 14.4 Å². The highest BCUT2D eigenvalue weighted by Gasteiger charge is 2.50. The molecular formula is C19H20Cl2N2O5. The number of halogens is 2. The van der Waals surface area contributed by atoms with E-state index < -0.39 is 23.3 Å². The minimum atomic E-state index is -1.65. The van der Waals surface area contributed by atoms with E-state index in [2.05, 4.69) is 10.6 Å². The van der Waals surface area contributed by atoms with Crippen molar-refractivity contribution in [2.75, 3.05) is 19.0 Å². The van der Waals surface area contributed by atoms with Gasteiger partial charge in [-0.25, -0.2) is 0 Å². The number of nitrogens with one attached hydrogen (secondary N) is 2. The van der Waals surface area contributed by atoms with E-state index >= 15 is 0 Å². The monoisotopic (exact) mass is 426 g/mol. The topological polar surface area (TPSA) is 93.7 Å². The van der Waals surface area contributed by atoms with Crippen LogP contribution in [-0.4, -0.2) is 43.1 Å². The SMILES string of the molecule is COC(=O)[C@@H]1C=C[C@H](NC(=O)C2(C(=O)Nc3cc(Cl)cc(Cl)c3)CCCO2)C1. The fourth-order valence-electron chi connectivity index (χ4n) is 3.38. The van der Waals surface area contributed by atoms with Crippen LogP contribution in [0.4, 0.5) is 5.69 Å². The van der Waals surface area contributed by atoms with Crippen LogP contribution in [0.1, 0.15) is 19.3 Å². The van der Waals surface area contributed by atoms with Gasteiger partial charge in [0.1, 0.15) is 0 Å². The van der Waals surface area contributed by atoms with Crippen LogP contribution in [0.15, 0.2) is 30.4 Å². The van der Waals surface area contributed by atoms with Gasteiger partial charge < -0.3 is 20.1 Å². The smallest absolute Gasteiger partial charge is 0.312 e. The number of hydrogen-bond acceptors (Lipinski definition) is 5. The molecule has 2 amide bonds. The Bertz CT molecular complexity index is 800. The summed E-state index contributed by atoms with van der Waals surface area (Å²) in [6.45, 7) is 0.294. The van der Waals surface area contributed by atoms with Gasteiger partial charge in [-0.05, 0) is 37.5 Å². The van der Waals surface area contributed by atoms with Gasteiger partial charge in [0.15, 0.2) is 0 Å². The summed E-state index contributed by atoms with van der Waals surface area (Å²) in [7, 11) is 1.32. The van der Waals surface area contributed by atoms with Crippen LogP contribution in [0.25, 0.3) is 0 Å². The zero-order valence-corrected chi connectivity index (χ0v) is 16.7. The van der Waals surface area contributed by atoms with Crippen molar-refractivity contribution in [1.82, 2.24) is 5.32 Å². The molecule has 3 atom stereocenters. The van der Waals surface area contributed by atoms with Crippen LogP contribution in [0.2, 0.25) is 10.0 Å². The van der Waals surface area contributed by atoms with Crippen molar-refractivity contribution in [2.24, 2.45) is 5.92 Å². The molecule has 0 saturated carbocycles. The molecule has 150 valence electrons. The molecule has 1 aliphatic carbocycles. The molecule has 0 spiro atoms. The van der Waals surface area contributed by atoms with Gasteiger partial charge in [0.2, 0.25) is 5.60 Å². The Balaban J connectivity index is 1.71. The standard InChI is InChI=1S/C19H20Cl2N2O5/c1-27-16(24)11-3-4-14(7-11)22-17(25)19(5-2-6-28-19)18(26)23-15-9-12(20)8-13(21)10-15/h3-4,8-11,14H,2,5-7H2,1H3,(H,22,25)(H,23,26)/t11-,14+,19?/m1/s1. The second kappa shape index (κ2) is 8.51. The van der Waals surface area contributed by atoms with Crippen LogP contribution in [0, 0.1) is 5.92 Å². The molecule has 1 aromatic rings. The maximum Gasteiger partial charge on any atom is 0.312 e. The quantitative estimate of drug-likeness (QED) is 0.428. The Hall–Kier alpha value is -2.09. The van der Waals surface area contributed by atoms with Crippen LogP contribution >= 0.6 is 23.2 Å². The fourth-order valence-corrected chi connectivity index (χ4v) is 3.90. The zero-order valence-electron chi connectivity index (χ0n) is 15.2. The van der Waals surface area contributed by atoms with Crippen molar-refractivity contribution < 1.29 is 23.9 Å². The molecule has 1 unspecified atom stereocenters. The summed E-state index contributed by atoms with van der Waals surface area (Å²) in [5.74, 6) is -1.92. The molecule has 1 aromatic carbocycles. The molecule has 2 N–H and O–H groups in total. The number of amides is 2. The zero-order chi connectivity index (χ0) is 20.3. The van der Waals surface area contributed by atoms with Gasteiger partial charge in [-0.3, -0.25) is 14.4 Å². The first-order chi connectivity index (χ1) is 13.3. The molecule has 28 heavy (non-hydrogen) atoms. The number of rotatable bonds is 5. The van der Waals surface area contributed by atoms with E-state index in [1.54, 1.807) is 12.2 Å². The molecule has 9 heteroatoms. The van der Waals surface area contributed by atoms with Crippen molar-refractivity contribution in [3.8, 4) is 0 Å². The third kappa shape index (κ3) is 4.32. The van der Waals surface area contributed by atoms with Crippen molar-refractivity contribution in [3.05, 3.63) is 40.4 Å². The Labute approximate surface area is 172 Å². The summed E-state index contributed by atoms with van der Waals surface area (Å²) >= 11 is 11.9. The predicted molar refractivity (Wildman–Crippen MR) is 104 cm³/mol. The van der Waals surface area contributed by atoms with Crippen molar-refractivity contribution >= 4 is 46.7 Å². The van der Waals surface area contributed by atoms with Gasteiger partial charge in [0.25, 0.3) is 11.8 Å². The van der Waals surface area contributed by atoms with Crippen LogP contribution in [-0.2, 0) is 23.9 Å². The minimum Gasteiger partial charge on any atom is -0.469 e. The van der Waals surface area contributed by atoms with E-state index in [0.717, 1.165) is 0 Å². The number of carbonyl (C=O) groups is 3. The van der Waals surface area contributed by atoms with E-state index in [0.29, 0.717) is 35.2 Å². The maximum atomic E-state index is 12.9. The first kappa shape index (κ1) is 20.6. The Morgan fingerprint density at radius 3 is 2.46 bits per heavy atom. The molecule has 0 aromatic heterocycles. The second-order valence-corrected chi connectivity index (χ2v) is 7.59. The molecule has 3 rings (SSSR count). The summed E-state index contributed by atoms with van der Waals surface area (Å²) in [6, 6.07) is 4.22. The summed E-state index contributed by atoms with van der Waals surface area (Å²) in [5, 5.41) is 6.17. The third-order valence-electron chi connectivity index (χ3n) is 4.78. The van der Waals surface area contributed by atoms with Crippen molar-refractivity contribution in [3.63, 3.8) is 0 Å². The van der Waals surface area contributed by atoms with Gasteiger partial charge in [0, 0.05) is 28.4 Å². The molecule has 1 fully saturated rings. The number of anilines is 1. The fraction of sp³-hybridized carbons (Fsp3) is 0.421. The third-order valence-corrected chi connectivity index (χ3v) is 5.22. The minimum absolute atomic E-state index is 0.246. The first-order valence-electron chi connectivity index (χ1n) is 8.82. The number of esters is 1. The van der Waals surface area contributed by atoms with Gasteiger partial charge in [-0.15, -0.1) is 0 Å². The summed E-state index contributed by atoms with van der Waals surface area (Å²) < 4.78 is 10.3. The lowest BCUT2D eigenvalue weighted by Crippen LogP contribution is -2.56. The van der Waals surface area contributed by atoms with Crippen LogP contribution in [0.3, 0.4) is 0 Å². The normalized spacial score (nSPS) is 26.1. The highest BCUT2D eigenvalue weighted by molar-refractivity contribution is 6.35. The summed E-state index contributed by atoms with van der Waals surface area (Å²) in [6.07, 6.45) is 4.60. The molecular weight excluding hydrogens is 407 g/mol. The Morgan fingerprint density at radius 1 is 1.14 bits per heavy atom. The highest BCUT2D eigenvalue weighted by Crippen LogP contribution is 2.30. The molecule has 0 bridgehead atoms. The predicted octanol–water partition coefficient (Wildman–Crippen LogP) is 2.72. The van der Waals surface area contributed by atoms with Crippen molar-refractivity contribution in [1.29, 1.82) is 0 Å². The number of methoxy groups -OCH3 is 1. The van der Waals surface area contributed by atoms with Gasteiger partial charge in [-0.1, -0.05) is 35.4 Å². The van der Waals surface area contributed by atoms with Crippen molar-refractivity contribution in [2.45, 2.75) is 30.9 Å². The van der Waals surface area contributed by atoms with E-state index in [-0.39, 0.29) is 18.4 Å². The average Bonchev–Trinajstić information content (AvgIpc) is 3.30. The largest absolute Gasteiger partial charge is 0.469 e. The van der Waals surface area contributed by atoms with E-state index in [1.807, 2.05) is 0 Å². The lowest BCUT2D eigenvalue weighted by molar-refractivity contribution is -0.152. The van der Waals surface area contributed by atoms with Gasteiger partial charge in [0.05, 0.1) is 13.0 Å². The number of ether oxygens (including phenoxy) is 2. The number of hydrogen-bond donors (Lipinski definition) is 2. The molecule has 0 radical (unpaired) electrons. The lowest BCUT2D eigenvalue weighted by atomic mass is 9.96. The average molecular weight is 427 g/mol. The van der Waals surface area contributed by atoms with E-state index in [4.69, 9.17) is 32.7 Å². The number of carbonyl (C=O) groups excluding carboxylic acids is 3. The van der Waals surface area contributed by atoms with Crippen LogP contribution in [0.5, 0.6) is 0 Å².